The van der Waals surface area contributed by atoms with Gasteiger partial charge in [0.05, 0.1) is 0 Å². The maximum atomic E-state index is 12.1. The summed E-state index contributed by atoms with van der Waals surface area (Å²) in [5.41, 5.74) is 3.09. The minimum Gasteiger partial charge on any atom is -0.439 e. The highest BCUT2D eigenvalue weighted by Crippen LogP contribution is 2.28. The zero-order valence-corrected chi connectivity index (χ0v) is 17.0. The average molecular weight is 347 g/mol. The molecular weight excluding hydrogens is 312 g/mol. The number of hydrogen-bond donors (Lipinski definition) is 0. The topological polar surface area (TPSA) is 26.3 Å². The van der Waals surface area contributed by atoms with Crippen molar-refractivity contribution in [3.63, 3.8) is 0 Å². The van der Waals surface area contributed by atoms with Crippen molar-refractivity contribution < 1.29 is 9.53 Å². The Morgan fingerprint density at radius 1 is 1.12 bits per heavy atom. The molecule has 0 aromatic heterocycles. The lowest BCUT2D eigenvalue weighted by molar-refractivity contribution is -0.141. The zero-order valence-electron chi connectivity index (χ0n) is 16.0. The molecule has 1 fully saturated rings. The van der Waals surface area contributed by atoms with Gasteiger partial charge in [-0.2, -0.15) is 0 Å². The van der Waals surface area contributed by atoms with Crippen LogP contribution in [0, 0.1) is 29.2 Å². The molecule has 2 nitrogen and oxygen atoms in total. The molecule has 0 heterocycles. The molecular formula is C21H34O2Si. The summed E-state index contributed by atoms with van der Waals surface area (Å²) >= 11 is 0. The summed E-state index contributed by atoms with van der Waals surface area (Å²) in [6.45, 7) is 8.59. The summed E-state index contributed by atoms with van der Waals surface area (Å²) in [5, 5.41) is 0. The number of hydrogen-bond acceptors (Lipinski definition) is 2. The SMILES string of the molecule is CCCCCCC#CC(OC(=O)C#C[Si](C)(C)C)C1CCCCC1. The lowest BCUT2D eigenvalue weighted by atomic mass is 9.85. The Labute approximate surface area is 150 Å². The first-order valence-corrected chi connectivity index (χ1v) is 13.1. The van der Waals surface area contributed by atoms with Gasteiger partial charge in [-0.1, -0.05) is 76.9 Å². The van der Waals surface area contributed by atoms with Gasteiger partial charge in [0.2, 0.25) is 0 Å². The Bertz CT molecular complexity index is 490. The molecule has 134 valence electrons. The van der Waals surface area contributed by atoms with Crippen LogP contribution in [-0.4, -0.2) is 20.1 Å². The van der Waals surface area contributed by atoms with Crippen LogP contribution >= 0.6 is 0 Å². The maximum absolute atomic E-state index is 12.1. The summed E-state index contributed by atoms with van der Waals surface area (Å²) in [5.74, 6) is 9.18. The van der Waals surface area contributed by atoms with Crippen molar-refractivity contribution in [2.75, 3.05) is 0 Å². The Morgan fingerprint density at radius 3 is 2.46 bits per heavy atom. The third kappa shape index (κ3) is 9.84. The highest BCUT2D eigenvalue weighted by Gasteiger charge is 2.25. The molecule has 1 atom stereocenters. The molecule has 0 radical (unpaired) electrons. The first-order valence-electron chi connectivity index (χ1n) is 9.64. The van der Waals surface area contributed by atoms with Crippen LogP contribution < -0.4 is 0 Å². The first-order chi connectivity index (χ1) is 11.4. The minimum atomic E-state index is -1.55. The molecule has 1 saturated carbocycles. The van der Waals surface area contributed by atoms with Gasteiger partial charge in [0.15, 0.2) is 6.10 Å². The molecule has 3 heteroatoms. The Hall–Kier alpha value is -1.19. The van der Waals surface area contributed by atoms with Gasteiger partial charge in [-0.05, 0) is 19.3 Å². The third-order valence-corrected chi connectivity index (χ3v) is 5.13. The molecule has 1 unspecified atom stereocenters. The molecule has 1 aliphatic carbocycles. The van der Waals surface area contributed by atoms with Gasteiger partial charge < -0.3 is 4.74 Å². The largest absolute Gasteiger partial charge is 0.439 e. The van der Waals surface area contributed by atoms with Crippen molar-refractivity contribution >= 4 is 14.0 Å². The molecule has 0 bridgehead atoms. The molecule has 0 aliphatic heterocycles. The normalized spacial score (nSPS) is 16.3. The molecule has 0 amide bonds. The second-order valence-electron chi connectivity index (χ2n) is 7.86. The van der Waals surface area contributed by atoms with Gasteiger partial charge >= 0.3 is 5.97 Å². The third-order valence-electron chi connectivity index (χ3n) is 4.25. The standard InChI is InChI=1S/C21H34O2Si/c1-5-6-7-8-9-13-16-20(19-14-11-10-12-15-19)23-21(22)17-18-24(2,3)4/h19-20H,5-12,14-15H2,1-4H3. The number of unbranched alkanes of at least 4 members (excludes halogenated alkanes) is 4. The molecule has 24 heavy (non-hydrogen) atoms. The molecule has 0 spiro atoms. The van der Waals surface area contributed by atoms with E-state index < -0.39 is 14.0 Å². The van der Waals surface area contributed by atoms with Gasteiger partial charge in [-0.15, -0.1) is 5.54 Å². The molecule has 1 aliphatic rings. The van der Waals surface area contributed by atoms with E-state index in [1.165, 1.54) is 38.5 Å². The van der Waals surface area contributed by atoms with Gasteiger partial charge in [-0.25, -0.2) is 4.79 Å². The van der Waals surface area contributed by atoms with E-state index in [2.05, 4.69) is 49.9 Å². The smallest absolute Gasteiger partial charge is 0.385 e. The summed E-state index contributed by atoms with van der Waals surface area (Å²) in [4.78, 5) is 12.1. The Kier molecular flexibility index (Phi) is 9.88. The van der Waals surface area contributed by atoms with Crippen molar-refractivity contribution in [1.29, 1.82) is 0 Å². The fourth-order valence-corrected chi connectivity index (χ4v) is 3.35. The van der Waals surface area contributed by atoms with Gasteiger partial charge in [-0.3, -0.25) is 0 Å². The van der Waals surface area contributed by atoms with Crippen molar-refractivity contribution in [3.05, 3.63) is 0 Å². The fourth-order valence-electron chi connectivity index (χ4n) is 2.88. The van der Waals surface area contributed by atoms with Crippen LogP contribution in [0.15, 0.2) is 0 Å². The molecule has 0 saturated heterocycles. The van der Waals surface area contributed by atoms with Crippen LogP contribution in [0.1, 0.15) is 71.1 Å². The van der Waals surface area contributed by atoms with Crippen LogP contribution in [0.3, 0.4) is 0 Å². The highest BCUT2D eigenvalue weighted by molar-refractivity contribution is 6.84. The number of esters is 1. The van der Waals surface area contributed by atoms with E-state index in [4.69, 9.17) is 4.74 Å². The lowest BCUT2D eigenvalue weighted by Crippen LogP contribution is -2.27. The first kappa shape index (κ1) is 20.9. The minimum absolute atomic E-state index is 0.264. The molecule has 0 N–H and O–H groups in total. The van der Waals surface area contributed by atoms with Crippen LogP contribution in [0.2, 0.25) is 19.6 Å². The maximum Gasteiger partial charge on any atom is 0.385 e. The van der Waals surface area contributed by atoms with Crippen LogP contribution in [0.4, 0.5) is 0 Å². The van der Waals surface area contributed by atoms with Crippen molar-refractivity contribution in [1.82, 2.24) is 0 Å². The van der Waals surface area contributed by atoms with E-state index in [1.807, 2.05) is 0 Å². The Balaban J connectivity index is 2.62. The lowest BCUT2D eigenvalue weighted by Gasteiger charge is -2.26. The molecule has 0 aromatic rings. The van der Waals surface area contributed by atoms with Gasteiger partial charge in [0, 0.05) is 18.3 Å². The summed E-state index contributed by atoms with van der Waals surface area (Å²) < 4.78 is 5.65. The van der Waals surface area contributed by atoms with E-state index in [1.54, 1.807) is 0 Å². The highest BCUT2D eigenvalue weighted by atomic mass is 28.3. The second-order valence-corrected chi connectivity index (χ2v) is 12.6. The van der Waals surface area contributed by atoms with Crippen molar-refractivity contribution in [2.45, 2.75) is 96.9 Å². The zero-order chi connectivity index (χ0) is 17.8. The van der Waals surface area contributed by atoms with E-state index in [-0.39, 0.29) is 6.10 Å². The number of carbonyl (C=O) groups excluding carboxylic acids is 1. The number of ether oxygens (including phenoxy) is 1. The molecule has 0 aromatic carbocycles. The van der Waals surface area contributed by atoms with E-state index >= 15 is 0 Å². The van der Waals surface area contributed by atoms with Crippen LogP contribution in [0.5, 0.6) is 0 Å². The average Bonchev–Trinajstić information content (AvgIpc) is 2.55. The predicted molar refractivity (Wildman–Crippen MR) is 104 cm³/mol. The predicted octanol–water partition coefficient (Wildman–Crippen LogP) is 5.33. The summed E-state index contributed by atoms with van der Waals surface area (Å²) in [6.07, 6.45) is 11.5. The van der Waals surface area contributed by atoms with E-state index in [9.17, 15) is 4.79 Å². The second kappa shape index (κ2) is 11.4. The monoisotopic (exact) mass is 346 g/mol. The number of rotatable bonds is 6. The van der Waals surface area contributed by atoms with E-state index in [0.29, 0.717) is 5.92 Å². The molecule has 1 rings (SSSR count). The van der Waals surface area contributed by atoms with Crippen molar-refractivity contribution in [3.8, 4) is 23.3 Å². The number of carbonyl (C=O) groups is 1. The Morgan fingerprint density at radius 2 is 1.83 bits per heavy atom. The van der Waals surface area contributed by atoms with Crippen LogP contribution in [0.25, 0.3) is 0 Å². The summed E-state index contributed by atoms with van der Waals surface area (Å²) in [7, 11) is -1.55. The quantitative estimate of drug-likeness (QED) is 0.281. The fraction of sp³-hybridized carbons (Fsp3) is 0.762. The van der Waals surface area contributed by atoms with E-state index in [0.717, 1.165) is 25.7 Å². The van der Waals surface area contributed by atoms with Crippen molar-refractivity contribution in [2.24, 2.45) is 5.92 Å². The summed E-state index contributed by atoms with van der Waals surface area (Å²) in [6, 6.07) is 0. The van der Waals surface area contributed by atoms with Crippen LogP contribution in [-0.2, 0) is 9.53 Å². The van der Waals surface area contributed by atoms with Gasteiger partial charge in [0.1, 0.15) is 8.07 Å². The van der Waals surface area contributed by atoms with Gasteiger partial charge in [0.25, 0.3) is 0 Å².